The van der Waals surface area contributed by atoms with Crippen molar-refractivity contribution in [1.82, 2.24) is 15.5 Å². The first-order valence-corrected chi connectivity index (χ1v) is 6.28. The monoisotopic (exact) mass is 257 g/mol. The Kier molecular flexibility index (Phi) is 4.95. The number of urea groups is 1. The summed E-state index contributed by atoms with van der Waals surface area (Å²) in [4.78, 5) is 24.4. The highest BCUT2D eigenvalue weighted by molar-refractivity contribution is 5.82. The molecule has 0 aromatic carbocycles. The maximum Gasteiger partial charge on any atom is 0.325 e. The standard InChI is InChI=1S/C12H23N3O3/c1-9(10(16)17)14-11(18)13-8-12(2)4-6-15(3)7-5-12/h9H,4-8H2,1-3H3,(H,16,17)(H2,13,14,18)/t9-/m1/s1. The van der Waals surface area contributed by atoms with E-state index in [-0.39, 0.29) is 5.41 Å². The van der Waals surface area contributed by atoms with Gasteiger partial charge in [-0.15, -0.1) is 0 Å². The SMILES string of the molecule is C[C@@H](NC(=O)NCC1(C)CCN(C)CC1)C(=O)O. The van der Waals surface area contributed by atoms with Crippen LogP contribution >= 0.6 is 0 Å². The molecule has 0 unspecified atom stereocenters. The summed E-state index contributed by atoms with van der Waals surface area (Å²) in [7, 11) is 2.09. The second kappa shape index (κ2) is 6.04. The Labute approximate surface area is 108 Å². The average Bonchev–Trinajstić information content (AvgIpc) is 2.31. The highest BCUT2D eigenvalue weighted by atomic mass is 16.4. The first-order chi connectivity index (χ1) is 8.32. The zero-order chi connectivity index (χ0) is 13.8. The maximum absolute atomic E-state index is 11.5. The fraction of sp³-hybridized carbons (Fsp3) is 0.833. The second-order valence-electron chi connectivity index (χ2n) is 5.50. The third-order valence-electron chi connectivity index (χ3n) is 3.59. The molecule has 1 atom stereocenters. The molecular formula is C12H23N3O3. The van der Waals surface area contributed by atoms with Crippen LogP contribution in [0.3, 0.4) is 0 Å². The largest absolute Gasteiger partial charge is 0.480 e. The molecule has 1 rings (SSSR count). The van der Waals surface area contributed by atoms with Gasteiger partial charge in [0.25, 0.3) is 0 Å². The number of carboxylic acid groups (broad SMARTS) is 1. The quantitative estimate of drug-likeness (QED) is 0.684. The Morgan fingerprint density at radius 3 is 2.44 bits per heavy atom. The lowest BCUT2D eigenvalue weighted by Gasteiger charge is -2.37. The van der Waals surface area contributed by atoms with E-state index >= 15 is 0 Å². The van der Waals surface area contributed by atoms with Gasteiger partial charge in [-0.05, 0) is 45.3 Å². The summed E-state index contributed by atoms with van der Waals surface area (Å²) in [5.41, 5.74) is 0.107. The molecule has 0 saturated carbocycles. The van der Waals surface area contributed by atoms with Crippen LogP contribution in [0.25, 0.3) is 0 Å². The highest BCUT2D eigenvalue weighted by Crippen LogP contribution is 2.29. The van der Waals surface area contributed by atoms with Crippen molar-refractivity contribution in [1.29, 1.82) is 0 Å². The number of hydrogen-bond donors (Lipinski definition) is 3. The molecule has 6 heteroatoms. The second-order valence-corrected chi connectivity index (χ2v) is 5.50. The van der Waals surface area contributed by atoms with Crippen molar-refractivity contribution in [3.63, 3.8) is 0 Å². The molecule has 0 spiro atoms. The van der Waals surface area contributed by atoms with E-state index in [1.165, 1.54) is 6.92 Å². The molecule has 1 heterocycles. The average molecular weight is 257 g/mol. The van der Waals surface area contributed by atoms with Gasteiger partial charge in [-0.3, -0.25) is 4.79 Å². The number of piperidine rings is 1. The molecule has 2 amide bonds. The van der Waals surface area contributed by atoms with E-state index in [0.29, 0.717) is 6.54 Å². The number of nitrogens with zero attached hydrogens (tertiary/aromatic N) is 1. The van der Waals surface area contributed by atoms with Gasteiger partial charge in [0, 0.05) is 6.54 Å². The van der Waals surface area contributed by atoms with Crippen molar-refractivity contribution in [2.75, 3.05) is 26.7 Å². The van der Waals surface area contributed by atoms with Crippen LogP contribution < -0.4 is 10.6 Å². The van der Waals surface area contributed by atoms with Crippen LogP contribution in [0.1, 0.15) is 26.7 Å². The molecular weight excluding hydrogens is 234 g/mol. The maximum atomic E-state index is 11.5. The number of amides is 2. The number of rotatable bonds is 4. The number of aliphatic carboxylic acids is 1. The zero-order valence-corrected chi connectivity index (χ0v) is 11.3. The molecule has 1 fully saturated rings. The smallest absolute Gasteiger partial charge is 0.325 e. The molecule has 1 aliphatic heterocycles. The molecule has 6 nitrogen and oxygen atoms in total. The van der Waals surface area contributed by atoms with Gasteiger partial charge >= 0.3 is 12.0 Å². The lowest BCUT2D eigenvalue weighted by atomic mass is 9.80. The molecule has 0 bridgehead atoms. The van der Waals surface area contributed by atoms with E-state index in [0.717, 1.165) is 25.9 Å². The third-order valence-corrected chi connectivity index (χ3v) is 3.59. The minimum Gasteiger partial charge on any atom is -0.480 e. The van der Waals surface area contributed by atoms with Crippen LogP contribution in [0, 0.1) is 5.41 Å². The lowest BCUT2D eigenvalue weighted by molar-refractivity contribution is -0.138. The summed E-state index contributed by atoms with van der Waals surface area (Å²) in [5, 5.41) is 13.8. The molecule has 0 aromatic rings. The molecule has 104 valence electrons. The van der Waals surface area contributed by atoms with Crippen molar-refractivity contribution in [3.05, 3.63) is 0 Å². The first kappa shape index (κ1) is 14.8. The molecule has 0 aromatic heterocycles. The Morgan fingerprint density at radius 1 is 1.39 bits per heavy atom. The number of nitrogens with one attached hydrogen (secondary N) is 2. The van der Waals surface area contributed by atoms with Crippen LogP contribution in [0.2, 0.25) is 0 Å². The predicted octanol–water partition coefficient (Wildman–Crippen LogP) is 0.491. The number of carboxylic acids is 1. The molecule has 18 heavy (non-hydrogen) atoms. The minimum atomic E-state index is -1.03. The Hall–Kier alpha value is -1.30. The Bertz CT molecular complexity index is 312. The van der Waals surface area contributed by atoms with Crippen LogP contribution in [0.5, 0.6) is 0 Å². The number of hydrogen-bond acceptors (Lipinski definition) is 3. The highest BCUT2D eigenvalue weighted by Gasteiger charge is 2.29. The van der Waals surface area contributed by atoms with E-state index in [9.17, 15) is 9.59 Å². The summed E-state index contributed by atoms with van der Waals surface area (Å²) in [6, 6.07) is -1.28. The van der Waals surface area contributed by atoms with Gasteiger partial charge in [0.2, 0.25) is 0 Å². The molecule has 3 N–H and O–H groups in total. The number of carbonyl (C=O) groups excluding carboxylic acids is 1. The van der Waals surface area contributed by atoms with E-state index < -0.39 is 18.0 Å². The van der Waals surface area contributed by atoms with Crippen molar-refractivity contribution in [2.45, 2.75) is 32.7 Å². The normalized spacial score (nSPS) is 21.1. The van der Waals surface area contributed by atoms with E-state index in [1.807, 2.05) is 0 Å². The van der Waals surface area contributed by atoms with E-state index in [1.54, 1.807) is 0 Å². The minimum absolute atomic E-state index is 0.107. The van der Waals surface area contributed by atoms with Gasteiger partial charge in [0.1, 0.15) is 6.04 Å². The van der Waals surface area contributed by atoms with Crippen molar-refractivity contribution >= 4 is 12.0 Å². The predicted molar refractivity (Wildman–Crippen MR) is 68.5 cm³/mol. The van der Waals surface area contributed by atoms with Gasteiger partial charge in [0.15, 0.2) is 0 Å². The van der Waals surface area contributed by atoms with Crippen LogP contribution in [-0.4, -0.2) is 54.7 Å². The summed E-state index contributed by atoms with van der Waals surface area (Å²) < 4.78 is 0. The van der Waals surface area contributed by atoms with Crippen LogP contribution in [0.15, 0.2) is 0 Å². The first-order valence-electron chi connectivity index (χ1n) is 6.28. The zero-order valence-electron chi connectivity index (χ0n) is 11.3. The van der Waals surface area contributed by atoms with Gasteiger partial charge in [-0.1, -0.05) is 6.92 Å². The summed E-state index contributed by atoms with van der Waals surface area (Å²) in [5.74, 6) is -1.03. The Morgan fingerprint density at radius 2 is 1.94 bits per heavy atom. The van der Waals surface area contributed by atoms with Crippen LogP contribution in [-0.2, 0) is 4.79 Å². The number of carbonyl (C=O) groups is 2. The fourth-order valence-corrected chi connectivity index (χ4v) is 1.94. The number of likely N-dealkylation sites (tertiary alicyclic amines) is 1. The van der Waals surface area contributed by atoms with Gasteiger partial charge in [-0.2, -0.15) is 0 Å². The Balaban J connectivity index is 2.31. The summed E-state index contributed by atoms with van der Waals surface area (Å²) >= 11 is 0. The molecule has 0 radical (unpaired) electrons. The molecule has 0 aliphatic carbocycles. The van der Waals surface area contributed by atoms with Crippen molar-refractivity contribution < 1.29 is 14.7 Å². The summed E-state index contributed by atoms with van der Waals surface area (Å²) in [6.07, 6.45) is 2.08. The van der Waals surface area contributed by atoms with Gasteiger partial charge < -0.3 is 20.6 Å². The van der Waals surface area contributed by atoms with E-state index in [4.69, 9.17) is 5.11 Å². The lowest BCUT2D eigenvalue weighted by Crippen LogP contribution is -2.49. The molecule has 1 aliphatic rings. The van der Waals surface area contributed by atoms with Crippen molar-refractivity contribution in [3.8, 4) is 0 Å². The van der Waals surface area contributed by atoms with Crippen LogP contribution in [0.4, 0.5) is 4.79 Å². The fourth-order valence-electron chi connectivity index (χ4n) is 1.94. The van der Waals surface area contributed by atoms with E-state index in [2.05, 4.69) is 29.5 Å². The third kappa shape index (κ3) is 4.52. The summed E-state index contributed by atoms with van der Waals surface area (Å²) in [6.45, 7) is 6.25. The topological polar surface area (TPSA) is 81.7 Å². The molecule has 1 saturated heterocycles. The van der Waals surface area contributed by atoms with Gasteiger partial charge in [-0.25, -0.2) is 4.79 Å². The van der Waals surface area contributed by atoms with Gasteiger partial charge in [0.05, 0.1) is 0 Å². The van der Waals surface area contributed by atoms with Crippen molar-refractivity contribution in [2.24, 2.45) is 5.41 Å².